The zero-order chi connectivity index (χ0) is 11.7. The summed E-state index contributed by atoms with van der Waals surface area (Å²) in [4.78, 5) is 0. The van der Waals surface area contributed by atoms with Gasteiger partial charge in [0.05, 0.1) is 0 Å². The Morgan fingerprint density at radius 1 is 0.765 bits per heavy atom. The molecular formula is C17H14. The van der Waals surface area contributed by atoms with E-state index in [0.717, 1.165) is 0 Å². The van der Waals surface area contributed by atoms with Gasteiger partial charge in [0.2, 0.25) is 0 Å². The standard InChI is InChI=1S/C17H14/c1-2-6-13-9-5-10-16-11-14-7-3-4-8-15(14)12-17(13)16/h2-12H,1H3. The van der Waals surface area contributed by atoms with Crippen LogP contribution in [0.1, 0.15) is 12.5 Å². The van der Waals surface area contributed by atoms with E-state index in [-0.39, 0.29) is 0 Å². The Hall–Kier alpha value is -2.08. The largest absolute Gasteiger partial charge is 0.0870 e. The molecule has 0 radical (unpaired) electrons. The van der Waals surface area contributed by atoms with Crippen molar-refractivity contribution < 1.29 is 0 Å². The van der Waals surface area contributed by atoms with Gasteiger partial charge in [-0.25, -0.2) is 0 Å². The summed E-state index contributed by atoms with van der Waals surface area (Å²) in [5.41, 5.74) is 1.29. The van der Waals surface area contributed by atoms with E-state index in [9.17, 15) is 0 Å². The molecule has 0 saturated carbocycles. The molecule has 0 heterocycles. The summed E-state index contributed by atoms with van der Waals surface area (Å²) in [7, 11) is 0. The molecule has 0 atom stereocenters. The summed E-state index contributed by atoms with van der Waals surface area (Å²) < 4.78 is 0. The summed E-state index contributed by atoms with van der Waals surface area (Å²) >= 11 is 0. The molecule has 3 aromatic carbocycles. The van der Waals surface area contributed by atoms with E-state index < -0.39 is 0 Å². The third-order valence-electron chi connectivity index (χ3n) is 3.13. The lowest BCUT2D eigenvalue weighted by Crippen LogP contribution is -1.80. The van der Waals surface area contributed by atoms with E-state index in [1.165, 1.54) is 27.1 Å². The average Bonchev–Trinajstić information content (AvgIpc) is 2.37. The molecule has 0 fully saturated rings. The second kappa shape index (κ2) is 4.06. The molecule has 0 aliphatic carbocycles. The highest BCUT2D eigenvalue weighted by atomic mass is 14.0. The summed E-state index contributed by atoms with van der Waals surface area (Å²) in [6.45, 7) is 2.06. The van der Waals surface area contributed by atoms with Crippen LogP contribution in [-0.4, -0.2) is 0 Å². The summed E-state index contributed by atoms with van der Waals surface area (Å²) in [6.07, 6.45) is 4.25. The monoisotopic (exact) mass is 218 g/mol. The number of allylic oxidation sites excluding steroid dienone is 1. The van der Waals surface area contributed by atoms with Gasteiger partial charge < -0.3 is 0 Å². The van der Waals surface area contributed by atoms with E-state index in [0.29, 0.717) is 0 Å². The van der Waals surface area contributed by atoms with Crippen molar-refractivity contribution in [3.8, 4) is 0 Å². The van der Waals surface area contributed by atoms with Crippen LogP contribution in [0.4, 0.5) is 0 Å². The van der Waals surface area contributed by atoms with Gasteiger partial charge in [0.25, 0.3) is 0 Å². The molecule has 3 rings (SSSR count). The molecule has 82 valence electrons. The maximum absolute atomic E-state index is 2.28. The number of hydrogen-bond acceptors (Lipinski definition) is 0. The lowest BCUT2D eigenvalue weighted by atomic mass is 9.99. The van der Waals surface area contributed by atoms with Gasteiger partial charge >= 0.3 is 0 Å². The van der Waals surface area contributed by atoms with E-state index in [1.807, 2.05) is 0 Å². The molecule has 0 amide bonds. The molecule has 0 saturated heterocycles. The summed E-state index contributed by atoms with van der Waals surface area (Å²) in [5.74, 6) is 0. The van der Waals surface area contributed by atoms with Gasteiger partial charge in [0, 0.05) is 0 Å². The van der Waals surface area contributed by atoms with Crippen LogP contribution in [-0.2, 0) is 0 Å². The highest BCUT2D eigenvalue weighted by molar-refractivity contribution is 6.01. The van der Waals surface area contributed by atoms with Crippen molar-refractivity contribution in [1.29, 1.82) is 0 Å². The maximum atomic E-state index is 2.28. The Morgan fingerprint density at radius 2 is 1.47 bits per heavy atom. The number of hydrogen-bond donors (Lipinski definition) is 0. The highest BCUT2D eigenvalue weighted by Gasteiger charge is 2.00. The average molecular weight is 218 g/mol. The van der Waals surface area contributed by atoms with Crippen molar-refractivity contribution in [1.82, 2.24) is 0 Å². The minimum atomic E-state index is 1.29. The first kappa shape index (κ1) is 10.1. The number of benzene rings is 3. The van der Waals surface area contributed by atoms with E-state index in [1.54, 1.807) is 0 Å². The van der Waals surface area contributed by atoms with Crippen molar-refractivity contribution in [2.75, 3.05) is 0 Å². The third-order valence-corrected chi connectivity index (χ3v) is 3.13. The summed E-state index contributed by atoms with van der Waals surface area (Å²) in [6, 6.07) is 19.5. The zero-order valence-electron chi connectivity index (χ0n) is 9.85. The fraction of sp³-hybridized carbons (Fsp3) is 0.0588. The third kappa shape index (κ3) is 1.72. The normalized spacial score (nSPS) is 11.6. The Morgan fingerprint density at radius 3 is 2.24 bits per heavy atom. The molecule has 3 aromatic rings. The van der Waals surface area contributed by atoms with Crippen molar-refractivity contribution >= 4 is 27.6 Å². The molecule has 0 nitrogen and oxygen atoms in total. The van der Waals surface area contributed by atoms with Crippen LogP contribution in [0.15, 0.2) is 60.7 Å². The smallest absolute Gasteiger partial charge is 0.0105 e. The molecule has 0 spiro atoms. The molecule has 0 unspecified atom stereocenters. The van der Waals surface area contributed by atoms with Crippen molar-refractivity contribution in [3.63, 3.8) is 0 Å². The lowest BCUT2D eigenvalue weighted by Gasteiger charge is -2.05. The van der Waals surface area contributed by atoms with Crippen LogP contribution in [0.3, 0.4) is 0 Å². The predicted octanol–water partition coefficient (Wildman–Crippen LogP) is 5.03. The first-order chi connectivity index (χ1) is 8.38. The molecule has 0 aliphatic rings. The topological polar surface area (TPSA) is 0 Å². The van der Waals surface area contributed by atoms with Crippen LogP contribution in [0.25, 0.3) is 27.6 Å². The lowest BCUT2D eigenvalue weighted by molar-refractivity contribution is 1.71. The van der Waals surface area contributed by atoms with Crippen LogP contribution in [0, 0.1) is 0 Å². The maximum Gasteiger partial charge on any atom is -0.0105 e. The Labute approximate surface area is 101 Å². The quantitative estimate of drug-likeness (QED) is 0.503. The molecule has 0 bridgehead atoms. The fourth-order valence-electron chi connectivity index (χ4n) is 2.32. The number of fused-ring (bicyclic) bond motifs is 2. The van der Waals surface area contributed by atoms with Gasteiger partial charge in [-0.3, -0.25) is 0 Å². The Bertz CT molecular complexity index is 705. The molecule has 0 N–H and O–H groups in total. The SMILES string of the molecule is CC=Cc1cccc2cc3ccccc3cc12. The van der Waals surface area contributed by atoms with Gasteiger partial charge in [0.15, 0.2) is 0 Å². The van der Waals surface area contributed by atoms with Crippen LogP contribution >= 0.6 is 0 Å². The second-order valence-corrected chi connectivity index (χ2v) is 4.27. The summed E-state index contributed by atoms with van der Waals surface area (Å²) in [5, 5.41) is 5.23. The van der Waals surface area contributed by atoms with E-state index >= 15 is 0 Å². The number of rotatable bonds is 1. The van der Waals surface area contributed by atoms with Gasteiger partial charge in [-0.1, -0.05) is 54.6 Å². The van der Waals surface area contributed by atoms with Crippen molar-refractivity contribution in [2.24, 2.45) is 0 Å². The first-order valence-electron chi connectivity index (χ1n) is 5.93. The van der Waals surface area contributed by atoms with E-state index in [4.69, 9.17) is 0 Å². The highest BCUT2D eigenvalue weighted by Crippen LogP contribution is 2.26. The van der Waals surface area contributed by atoms with Gasteiger partial charge in [-0.2, -0.15) is 0 Å². The predicted molar refractivity (Wildman–Crippen MR) is 76.2 cm³/mol. The zero-order valence-corrected chi connectivity index (χ0v) is 9.85. The Balaban J connectivity index is 2.43. The molecule has 0 aliphatic heterocycles. The fourth-order valence-corrected chi connectivity index (χ4v) is 2.32. The van der Waals surface area contributed by atoms with Crippen LogP contribution < -0.4 is 0 Å². The second-order valence-electron chi connectivity index (χ2n) is 4.27. The van der Waals surface area contributed by atoms with Gasteiger partial charge in [-0.15, -0.1) is 0 Å². The molecule has 0 aromatic heterocycles. The van der Waals surface area contributed by atoms with Crippen molar-refractivity contribution in [3.05, 3.63) is 66.2 Å². The van der Waals surface area contributed by atoms with Crippen molar-refractivity contribution in [2.45, 2.75) is 6.92 Å². The first-order valence-corrected chi connectivity index (χ1v) is 5.93. The molecular weight excluding hydrogens is 204 g/mol. The van der Waals surface area contributed by atoms with Gasteiger partial charge in [0.1, 0.15) is 0 Å². The van der Waals surface area contributed by atoms with Crippen LogP contribution in [0.5, 0.6) is 0 Å². The minimum Gasteiger partial charge on any atom is -0.0870 e. The Kier molecular flexibility index (Phi) is 2.41. The molecule has 0 heteroatoms. The van der Waals surface area contributed by atoms with Gasteiger partial charge in [-0.05, 0) is 46.2 Å². The van der Waals surface area contributed by atoms with Crippen LogP contribution in [0.2, 0.25) is 0 Å². The molecule has 17 heavy (non-hydrogen) atoms. The van der Waals surface area contributed by atoms with E-state index in [2.05, 4.69) is 73.7 Å². The minimum absolute atomic E-state index is 1.29.